The van der Waals surface area contributed by atoms with E-state index in [-0.39, 0.29) is 19.5 Å². The Labute approximate surface area is 234 Å². The summed E-state index contributed by atoms with van der Waals surface area (Å²) < 4.78 is 84.8. The van der Waals surface area contributed by atoms with Gasteiger partial charge in [-0.3, -0.25) is 14.3 Å². The van der Waals surface area contributed by atoms with Crippen molar-refractivity contribution in [2.45, 2.75) is 25.7 Å². The fourth-order valence-electron chi connectivity index (χ4n) is 3.88. The van der Waals surface area contributed by atoms with Crippen molar-refractivity contribution in [2.75, 3.05) is 6.54 Å². The number of nitrogens with zero attached hydrogens (tertiary/aromatic N) is 2. The van der Waals surface area contributed by atoms with Gasteiger partial charge < -0.3 is 19.9 Å². The lowest BCUT2D eigenvalue weighted by atomic mass is 10.1. The molecule has 2 N–H and O–H groups in total. The van der Waals surface area contributed by atoms with E-state index in [9.17, 15) is 35.9 Å². The maximum atomic E-state index is 12.6. The van der Waals surface area contributed by atoms with Gasteiger partial charge in [0, 0.05) is 23.2 Å². The maximum Gasteiger partial charge on any atom is 0.573 e. The highest BCUT2D eigenvalue weighted by Crippen LogP contribution is 2.31. The second-order valence-electron chi connectivity index (χ2n) is 8.81. The van der Waals surface area contributed by atoms with Crippen LogP contribution in [0, 0.1) is 0 Å². The van der Waals surface area contributed by atoms with Crippen LogP contribution in [0.15, 0.2) is 78.9 Å². The molecular weight excluding hydrogens is 572 g/mol. The highest BCUT2D eigenvalue weighted by Gasteiger charge is 2.31. The summed E-state index contributed by atoms with van der Waals surface area (Å²) in [5, 5.41) is 15.8. The van der Waals surface area contributed by atoms with E-state index in [0.29, 0.717) is 33.6 Å². The summed E-state index contributed by atoms with van der Waals surface area (Å²) in [6.07, 6.45) is -9.94. The van der Waals surface area contributed by atoms with Crippen LogP contribution in [0.1, 0.15) is 22.3 Å². The second-order valence-corrected chi connectivity index (χ2v) is 8.81. The molecule has 0 aliphatic rings. The summed E-state index contributed by atoms with van der Waals surface area (Å²) in [5.41, 5.74) is 2.78. The molecule has 8 nitrogen and oxygen atoms in total. The number of aromatic nitrogens is 2. The lowest BCUT2D eigenvalue weighted by Crippen LogP contribution is -2.25. The average molecular weight is 593 g/mol. The normalized spacial score (nSPS) is 11.7. The molecule has 1 heterocycles. The van der Waals surface area contributed by atoms with Gasteiger partial charge in [-0.05, 0) is 72.3 Å². The van der Waals surface area contributed by atoms with Gasteiger partial charge in [-0.2, -0.15) is 5.10 Å². The average Bonchev–Trinajstić information content (AvgIpc) is 3.31. The molecule has 0 atom stereocenters. The predicted octanol–water partition coefficient (Wildman–Crippen LogP) is 6.27. The number of ether oxygens (including phenoxy) is 2. The van der Waals surface area contributed by atoms with Crippen LogP contribution in [0.4, 0.5) is 26.3 Å². The molecular formula is C28H21F6N3O5. The van der Waals surface area contributed by atoms with E-state index in [1.165, 1.54) is 36.4 Å². The molecule has 220 valence electrons. The number of alkyl halides is 6. The minimum Gasteiger partial charge on any atom is -0.481 e. The number of nitrogens with one attached hydrogen (secondary N) is 1. The van der Waals surface area contributed by atoms with Gasteiger partial charge in [0.1, 0.15) is 11.5 Å². The molecule has 0 saturated carbocycles. The van der Waals surface area contributed by atoms with Crippen LogP contribution < -0.4 is 14.8 Å². The lowest BCUT2D eigenvalue weighted by molar-refractivity contribution is -0.275. The molecule has 0 saturated heterocycles. The maximum absolute atomic E-state index is 12.6. The number of carbonyl (C=O) groups is 2. The van der Waals surface area contributed by atoms with Gasteiger partial charge in [0.05, 0.1) is 24.4 Å². The predicted molar refractivity (Wildman–Crippen MR) is 137 cm³/mol. The van der Waals surface area contributed by atoms with Crippen molar-refractivity contribution >= 4 is 11.9 Å². The number of rotatable bonds is 10. The van der Waals surface area contributed by atoms with Crippen LogP contribution >= 0.6 is 0 Å². The van der Waals surface area contributed by atoms with Gasteiger partial charge in [-0.1, -0.05) is 12.1 Å². The quantitative estimate of drug-likeness (QED) is 0.210. The Bertz CT molecular complexity index is 1530. The first kappa shape index (κ1) is 30.0. The first-order valence-electron chi connectivity index (χ1n) is 12.1. The van der Waals surface area contributed by atoms with Crippen molar-refractivity contribution in [3.63, 3.8) is 0 Å². The standard InChI is InChI=1S/C28H21F6N3O5/c29-27(30,31)41-21-9-5-18(6-10-21)23-15-24(19-7-11-22(12-8-19)42-28(32,33)34)37(36-23)16-17-1-3-20(4-2-17)26(40)35-14-13-25(38)39/h1-12,15H,13-14,16H2,(H,35,40)(H,38,39). The minimum absolute atomic E-state index is 0.0363. The third kappa shape index (κ3) is 8.49. The summed E-state index contributed by atoms with van der Waals surface area (Å²) >= 11 is 0. The molecule has 4 aromatic rings. The van der Waals surface area contributed by atoms with E-state index >= 15 is 0 Å². The van der Waals surface area contributed by atoms with Crippen LogP contribution in [0.2, 0.25) is 0 Å². The van der Waals surface area contributed by atoms with Gasteiger partial charge in [-0.15, -0.1) is 26.3 Å². The highest BCUT2D eigenvalue weighted by atomic mass is 19.4. The number of carbonyl (C=O) groups excluding carboxylic acids is 1. The number of carboxylic acids is 1. The van der Waals surface area contributed by atoms with Crippen molar-refractivity contribution in [1.29, 1.82) is 0 Å². The number of hydrogen-bond acceptors (Lipinski definition) is 5. The second kappa shape index (κ2) is 12.2. The van der Waals surface area contributed by atoms with E-state index in [0.717, 1.165) is 24.3 Å². The van der Waals surface area contributed by atoms with Gasteiger partial charge in [-0.25, -0.2) is 0 Å². The number of aliphatic carboxylic acids is 1. The molecule has 14 heteroatoms. The fourth-order valence-corrected chi connectivity index (χ4v) is 3.88. The van der Waals surface area contributed by atoms with Crippen molar-refractivity contribution in [1.82, 2.24) is 15.1 Å². The Morgan fingerprint density at radius 3 is 1.81 bits per heavy atom. The van der Waals surface area contributed by atoms with Crippen LogP contribution in [0.25, 0.3) is 22.5 Å². The van der Waals surface area contributed by atoms with Crippen LogP contribution in [-0.4, -0.2) is 46.0 Å². The topological polar surface area (TPSA) is 103 Å². The lowest BCUT2D eigenvalue weighted by Gasteiger charge is -2.11. The summed E-state index contributed by atoms with van der Waals surface area (Å²) in [5.74, 6) is -2.34. The van der Waals surface area contributed by atoms with Crippen molar-refractivity contribution in [3.05, 3.63) is 90.0 Å². The van der Waals surface area contributed by atoms with E-state index < -0.39 is 36.1 Å². The molecule has 1 aromatic heterocycles. The van der Waals surface area contributed by atoms with Crippen molar-refractivity contribution < 1.29 is 50.5 Å². The first-order valence-corrected chi connectivity index (χ1v) is 12.1. The fraction of sp³-hybridized carbons (Fsp3) is 0.179. The van der Waals surface area contributed by atoms with E-state index in [1.54, 1.807) is 22.9 Å². The molecule has 42 heavy (non-hydrogen) atoms. The van der Waals surface area contributed by atoms with Gasteiger partial charge >= 0.3 is 18.7 Å². The number of carboxylic acid groups (broad SMARTS) is 1. The SMILES string of the molecule is O=C(O)CCNC(=O)c1ccc(Cn2nc(-c3ccc(OC(F)(F)F)cc3)cc2-c2ccc(OC(F)(F)F)cc2)cc1. The highest BCUT2D eigenvalue weighted by molar-refractivity contribution is 5.94. The van der Waals surface area contributed by atoms with Gasteiger partial charge in [0.15, 0.2) is 0 Å². The molecule has 0 spiro atoms. The largest absolute Gasteiger partial charge is 0.573 e. The Morgan fingerprint density at radius 1 is 0.786 bits per heavy atom. The van der Waals surface area contributed by atoms with Gasteiger partial charge in [0.25, 0.3) is 5.91 Å². The summed E-state index contributed by atoms with van der Waals surface area (Å²) in [4.78, 5) is 22.9. The minimum atomic E-state index is -4.86. The summed E-state index contributed by atoms with van der Waals surface area (Å²) in [6.45, 7) is 0.123. The van der Waals surface area contributed by atoms with Crippen LogP contribution in [0.3, 0.4) is 0 Å². The molecule has 0 aliphatic carbocycles. The van der Waals surface area contributed by atoms with E-state index in [1.807, 2.05) is 0 Å². The number of hydrogen-bond donors (Lipinski definition) is 2. The molecule has 1 amide bonds. The van der Waals surface area contributed by atoms with Crippen LogP contribution in [0.5, 0.6) is 11.5 Å². The molecule has 4 rings (SSSR count). The number of amides is 1. The Balaban J connectivity index is 1.61. The molecule has 0 aliphatic heterocycles. The first-order chi connectivity index (χ1) is 19.8. The van der Waals surface area contributed by atoms with Crippen molar-refractivity contribution in [3.8, 4) is 34.0 Å². The number of benzene rings is 3. The molecule has 0 radical (unpaired) electrons. The molecule has 3 aromatic carbocycles. The summed E-state index contributed by atoms with van der Waals surface area (Å²) in [7, 11) is 0. The molecule has 0 bridgehead atoms. The van der Waals surface area contributed by atoms with Crippen molar-refractivity contribution in [2.24, 2.45) is 0 Å². The summed E-state index contributed by atoms with van der Waals surface area (Å²) in [6, 6.07) is 18.1. The van der Waals surface area contributed by atoms with Crippen LogP contribution in [-0.2, 0) is 11.3 Å². The smallest absolute Gasteiger partial charge is 0.481 e. The number of halogens is 6. The monoisotopic (exact) mass is 593 g/mol. The Morgan fingerprint density at radius 2 is 1.31 bits per heavy atom. The molecule has 0 fully saturated rings. The van der Waals surface area contributed by atoms with Gasteiger partial charge in [0.2, 0.25) is 0 Å². The van der Waals surface area contributed by atoms with E-state index in [2.05, 4.69) is 19.9 Å². The molecule has 0 unspecified atom stereocenters. The zero-order valence-electron chi connectivity index (χ0n) is 21.4. The zero-order valence-corrected chi connectivity index (χ0v) is 21.4. The van der Waals surface area contributed by atoms with E-state index in [4.69, 9.17) is 5.11 Å². The Hall–Kier alpha value is -5.01. The Kier molecular flexibility index (Phi) is 8.73. The zero-order chi connectivity index (χ0) is 30.5. The third-order valence-electron chi connectivity index (χ3n) is 5.72. The third-order valence-corrected chi connectivity index (χ3v) is 5.72.